The van der Waals surface area contributed by atoms with Crippen LogP contribution in [-0.4, -0.2) is 9.97 Å². The number of rotatable bonds is 1. The molecule has 3 heteroatoms. The number of benzene rings is 2. The summed E-state index contributed by atoms with van der Waals surface area (Å²) in [6.07, 6.45) is 3.25. The summed E-state index contributed by atoms with van der Waals surface area (Å²) in [5.41, 5.74) is 7.15. The van der Waals surface area contributed by atoms with E-state index in [1.807, 2.05) is 18.2 Å². The highest BCUT2D eigenvalue weighted by molar-refractivity contribution is 5.86. The maximum Gasteiger partial charge on any atom is 0.159 e. The molecule has 0 amide bonds. The summed E-state index contributed by atoms with van der Waals surface area (Å²) < 4.78 is 0. The molecule has 3 aromatic rings. The van der Waals surface area contributed by atoms with E-state index in [0.29, 0.717) is 11.5 Å². The lowest BCUT2D eigenvalue weighted by molar-refractivity contribution is 1.18. The second kappa shape index (κ2) is 3.87. The predicted octanol–water partition coefficient (Wildman–Crippen LogP) is 2.88. The van der Waals surface area contributed by atoms with Crippen LogP contribution in [0.15, 0.2) is 54.9 Å². The van der Waals surface area contributed by atoms with Crippen LogP contribution in [-0.2, 0) is 0 Å². The molecule has 0 radical (unpaired) electrons. The fraction of sp³-hybridized carbons (Fsp3) is 0. The summed E-state index contributed by atoms with van der Waals surface area (Å²) in [5, 5.41) is 2.40. The van der Waals surface area contributed by atoms with Gasteiger partial charge in [0.15, 0.2) is 5.82 Å². The molecule has 3 nitrogen and oxygen atoms in total. The Kier molecular flexibility index (Phi) is 2.22. The van der Waals surface area contributed by atoms with E-state index in [1.54, 1.807) is 12.4 Å². The van der Waals surface area contributed by atoms with Crippen molar-refractivity contribution in [3.8, 4) is 11.4 Å². The highest BCUT2D eigenvalue weighted by Gasteiger charge is 2.01. The molecule has 0 aliphatic carbocycles. The molecule has 3 rings (SSSR count). The summed E-state index contributed by atoms with van der Waals surface area (Å²) in [7, 11) is 0. The predicted molar refractivity (Wildman–Crippen MR) is 69.4 cm³/mol. The fourth-order valence-electron chi connectivity index (χ4n) is 1.82. The highest BCUT2D eigenvalue weighted by Crippen LogP contribution is 2.21. The van der Waals surface area contributed by atoms with Gasteiger partial charge in [-0.3, -0.25) is 0 Å². The van der Waals surface area contributed by atoms with Crippen molar-refractivity contribution < 1.29 is 0 Å². The molecular formula is C14H11N3. The molecule has 0 aliphatic rings. The Morgan fingerprint density at radius 1 is 0.824 bits per heavy atom. The number of nitrogens with two attached hydrogens (primary N) is 1. The van der Waals surface area contributed by atoms with Gasteiger partial charge in [0.1, 0.15) is 0 Å². The van der Waals surface area contributed by atoms with Crippen LogP contribution in [0.25, 0.3) is 22.2 Å². The van der Waals surface area contributed by atoms with Crippen LogP contribution >= 0.6 is 0 Å². The largest absolute Gasteiger partial charge is 0.396 e. The van der Waals surface area contributed by atoms with Crippen LogP contribution in [0, 0.1) is 0 Å². The van der Waals surface area contributed by atoms with E-state index in [9.17, 15) is 0 Å². The smallest absolute Gasteiger partial charge is 0.159 e. The minimum atomic E-state index is 0.578. The van der Waals surface area contributed by atoms with Gasteiger partial charge < -0.3 is 5.73 Å². The molecule has 0 aliphatic heterocycles. The lowest BCUT2D eigenvalue weighted by atomic mass is 10.1. The molecule has 0 atom stereocenters. The second-order valence-electron chi connectivity index (χ2n) is 3.90. The Morgan fingerprint density at radius 2 is 1.53 bits per heavy atom. The summed E-state index contributed by atoms with van der Waals surface area (Å²) in [6.45, 7) is 0. The van der Waals surface area contributed by atoms with Crippen LogP contribution in [0.1, 0.15) is 0 Å². The van der Waals surface area contributed by atoms with Gasteiger partial charge in [0.25, 0.3) is 0 Å². The van der Waals surface area contributed by atoms with Crippen molar-refractivity contribution in [3.63, 3.8) is 0 Å². The van der Waals surface area contributed by atoms with E-state index in [0.717, 1.165) is 5.56 Å². The Balaban J connectivity index is 2.14. The lowest BCUT2D eigenvalue weighted by Gasteiger charge is -2.02. The third kappa shape index (κ3) is 1.83. The molecule has 0 spiro atoms. The molecule has 0 bridgehead atoms. The van der Waals surface area contributed by atoms with Crippen molar-refractivity contribution in [2.45, 2.75) is 0 Å². The van der Waals surface area contributed by atoms with Crippen molar-refractivity contribution in [3.05, 3.63) is 54.9 Å². The minimum absolute atomic E-state index is 0.578. The number of nitrogens with zero attached hydrogens (tertiary/aromatic N) is 2. The van der Waals surface area contributed by atoms with E-state index >= 15 is 0 Å². The minimum Gasteiger partial charge on any atom is -0.396 e. The van der Waals surface area contributed by atoms with Gasteiger partial charge in [0, 0.05) is 5.56 Å². The molecular weight excluding hydrogens is 210 g/mol. The molecule has 2 N–H and O–H groups in total. The van der Waals surface area contributed by atoms with E-state index in [4.69, 9.17) is 5.73 Å². The van der Waals surface area contributed by atoms with Crippen LogP contribution in [0.3, 0.4) is 0 Å². The van der Waals surface area contributed by atoms with Crippen LogP contribution in [0.4, 0.5) is 5.69 Å². The van der Waals surface area contributed by atoms with E-state index in [2.05, 4.69) is 34.2 Å². The van der Waals surface area contributed by atoms with Crippen molar-refractivity contribution in [2.24, 2.45) is 0 Å². The monoisotopic (exact) mass is 221 g/mol. The van der Waals surface area contributed by atoms with Crippen LogP contribution < -0.4 is 5.73 Å². The normalized spacial score (nSPS) is 10.6. The first-order valence-corrected chi connectivity index (χ1v) is 5.40. The average molecular weight is 221 g/mol. The van der Waals surface area contributed by atoms with Crippen LogP contribution in [0.5, 0.6) is 0 Å². The van der Waals surface area contributed by atoms with Gasteiger partial charge in [-0.15, -0.1) is 0 Å². The molecule has 1 aromatic heterocycles. The Hall–Kier alpha value is -2.42. The molecule has 0 saturated carbocycles. The number of nitrogen functional groups attached to an aromatic ring is 1. The first-order valence-electron chi connectivity index (χ1n) is 5.40. The van der Waals surface area contributed by atoms with Gasteiger partial charge in [-0.25, -0.2) is 9.97 Å². The van der Waals surface area contributed by atoms with Crippen molar-refractivity contribution in [1.82, 2.24) is 9.97 Å². The maximum atomic E-state index is 5.57. The number of fused-ring (bicyclic) bond motifs is 1. The average Bonchev–Trinajstić information content (AvgIpc) is 2.39. The van der Waals surface area contributed by atoms with Gasteiger partial charge >= 0.3 is 0 Å². The summed E-state index contributed by atoms with van der Waals surface area (Å²) >= 11 is 0. The fourth-order valence-corrected chi connectivity index (χ4v) is 1.82. The zero-order chi connectivity index (χ0) is 11.7. The van der Waals surface area contributed by atoms with Gasteiger partial charge in [0.2, 0.25) is 0 Å². The first kappa shape index (κ1) is 9.78. The SMILES string of the molecule is Nc1cnc(-c2ccc3ccccc3c2)nc1. The third-order valence-electron chi connectivity index (χ3n) is 2.68. The first-order chi connectivity index (χ1) is 8.33. The molecule has 2 aromatic carbocycles. The number of hydrogen-bond donors (Lipinski definition) is 1. The van der Waals surface area contributed by atoms with Gasteiger partial charge in [-0.1, -0.05) is 36.4 Å². The zero-order valence-corrected chi connectivity index (χ0v) is 9.17. The third-order valence-corrected chi connectivity index (χ3v) is 2.68. The summed E-state index contributed by atoms with van der Waals surface area (Å²) in [4.78, 5) is 8.44. The second-order valence-corrected chi connectivity index (χ2v) is 3.90. The van der Waals surface area contributed by atoms with Crippen molar-refractivity contribution in [2.75, 3.05) is 5.73 Å². The number of aromatic nitrogens is 2. The summed E-state index contributed by atoms with van der Waals surface area (Å²) in [6, 6.07) is 14.4. The standard InChI is InChI=1S/C14H11N3/c15-13-8-16-14(17-9-13)12-6-5-10-3-1-2-4-11(10)7-12/h1-9H,15H2. The van der Waals surface area contributed by atoms with Gasteiger partial charge in [0.05, 0.1) is 18.1 Å². The molecule has 1 heterocycles. The number of anilines is 1. The molecule has 17 heavy (non-hydrogen) atoms. The van der Waals surface area contributed by atoms with Crippen molar-refractivity contribution in [1.29, 1.82) is 0 Å². The molecule has 0 fully saturated rings. The quantitative estimate of drug-likeness (QED) is 0.687. The van der Waals surface area contributed by atoms with E-state index in [-0.39, 0.29) is 0 Å². The Morgan fingerprint density at radius 3 is 2.29 bits per heavy atom. The summed E-state index contributed by atoms with van der Waals surface area (Å²) in [5.74, 6) is 0.699. The molecule has 82 valence electrons. The number of hydrogen-bond acceptors (Lipinski definition) is 3. The lowest BCUT2D eigenvalue weighted by Crippen LogP contribution is -1.92. The Bertz CT molecular complexity index is 660. The van der Waals surface area contributed by atoms with Gasteiger partial charge in [-0.2, -0.15) is 0 Å². The van der Waals surface area contributed by atoms with Crippen LogP contribution in [0.2, 0.25) is 0 Å². The highest BCUT2D eigenvalue weighted by atomic mass is 14.9. The van der Waals surface area contributed by atoms with Gasteiger partial charge in [-0.05, 0) is 16.8 Å². The topological polar surface area (TPSA) is 51.8 Å². The zero-order valence-electron chi connectivity index (χ0n) is 9.17. The van der Waals surface area contributed by atoms with E-state index in [1.165, 1.54) is 10.8 Å². The van der Waals surface area contributed by atoms with E-state index < -0.39 is 0 Å². The molecule has 0 unspecified atom stereocenters. The molecule has 0 saturated heterocycles. The Labute approximate surface area is 98.9 Å². The van der Waals surface area contributed by atoms with Crippen molar-refractivity contribution >= 4 is 16.5 Å². The maximum absolute atomic E-state index is 5.57.